The number of rotatable bonds is 5. The number of benzene rings is 3. The summed E-state index contributed by atoms with van der Waals surface area (Å²) in [4.78, 5) is 12.7. The molecule has 0 aliphatic carbocycles. The lowest BCUT2D eigenvalue weighted by molar-refractivity contribution is 0.619. The second kappa shape index (κ2) is 8.08. The summed E-state index contributed by atoms with van der Waals surface area (Å²) >= 11 is 6.04. The molecule has 2 aromatic heterocycles. The van der Waals surface area contributed by atoms with E-state index < -0.39 is 0 Å². The first-order valence-corrected chi connectivity index (χ1v) is 10.1. The van der Waals surface area contributed by atoms with Crippen molar-refractivity contribution in [2.24, 2.45) is 0 Å². The van der Waals surface area contributed by atoms with E-state index >= 15 is 0 Å². The zero-order valence-corrected chi connectivity index (χ0v) is 17.1. The van der Waals surface area contributed by atoms with Crippen molar-refractivity contribution in [3.8, 4) is 17.0 Å². The smallest absolute Gasteiger partial charge is 0.193 e. The predicted octanol–water partition coefficient (Wildman–Crippen LogP) is 5.31. The predicted molar refractivity (Wildman–Crippen MR) is 122 cm³/mol. The van der Waals surface area contributed by atoms with Crippen molar-refractivity contribution >= 4 is 28.3 Å². The molecule has 0 fully saturated rings. The summed E-state index contributed by atoms with van der Waals surface area (Å²) in [5, 5.41) is 12.8. The van der Waals surface area contributed by atoms with Crippen LogP contribution in [0.4, 0.5) is 5.69 Å². The third-order valence-corrected chi connectivity index (χ3v) is 5.11. The Balaban J connectivity index is 1.36. The molecule has 3 aromatic carbocycles. The average molecular weight is 429 g/mol. The van der Waals surface area contributed by atoms with Gasteiger partial charge in [-0.2, -0.15) is 0 Å². The Labute approximate surface area is 182 Å². The maximum absolute atomic E-state index is 12.7. The molecule has 2 heterocycles. The van der Waals surface area contributed by atoms with Gasteiger partial charge in [0.15, 0.2) is 5.43 Å². The van der Waals surface area contributed by atoms with E-state index in [0.29, 0.717) is 28.3 Å². The molecule has 152 valence electrons. The highest BCUT2D eigenvalue weighted by molar-refractivity contribution is 6.30. The lowest BCUT2D eigenvalue weighted by Crippen LogP contribution is -2.03. The summed E-state index contributed by atoms with van der Waals surface area (Å²) in [5.41, 5.74) is 3.71. The van der Waals surface area contributed by atoms with E-state index in [1.807, 2.05) is 66.9 Å². The maximum Gasteiger partial charge on any atom is 0.193 e. The molecule has 6 nitrogen and oxygen atoms in total. The third-order valence-electron chi connectivity index (χ3n) is 4.87. The van der Waals surface area contributed by atoms with Crippen molar-refractivity contribution < 1.29 is 4.42 Å². The monoisotopic (exact) mass is 428 g/mol. The molecular weight excluding hydrogens is 412 g/mol. The van der Waals surface area contributed by atoms with E-state index in [1.54, 1.807) is 16.8 Å². The summed E-state index contributed by atoms with van der Waals surface area (Å²) < 4.78 is 7.61. The molecule has 0 atom stereocenters. The number of nitrogens with zero attached hydrogens (tertiary/aromatic N) is 3. The molecule has 0 amide bonds. The van der Waals surface area contributed by atoms with Gasteiger partial charge in [-0.3, -0.25) is 4.79 Å². The van der Waals surface area contributed by atoms with Gasteiger partial charge < -0.3 is 9.73 Å². The first-order chi connectivity index (χ1) is 15.2. The average Bonchev–Trinajstić information content (AvgIpc) is 3.27. The molecule has 5 aromatic rings. The quantitative estimate of drug-likeness (QED) is 0.411. The van der Waals surface area contributed by atoms with Crippen LogP contribution in [0.15, 0.2) is 94.3 Å². The Morgan fingerprint density at radius 2 is 1.84 bits per heavy atom. The van der Waals surface area contributed by atoms with Gasteiger partial charge in [0, 0.05) is 22.3 Å². The van der Waals surface area contributed by atoms with Crippen LogP contribution in [-0.2, 0) is 6.54 Å². The highest BCUT2D eigenvalue weighted by Crippen LogP contribution is 2.24. The molecule has 0 saturated carbocycles. The number of anilines is 1. The van der Waals surface area contributed by atoms with Gasteiger partial charge in [-0.15, -0.1) is 5.10 Å². The molecule has 31 heavy (non-hydrogen) atoms. The zero-order valence-electron chi connectivity index (χ0n) is 16.3. The molecule has 0 saturated heterocycles. The Morgan fingerprint density at radius 1 is 0.968 bits per heavy atom. The van der Waals surface area contributed by atoms with Crippen molar-refractivity contribution in [3.05, 3.63) is 106 Å². The molecule has 1 N–H and O–H groups in total. The Hall–Kier alpha value is -3.90. The van der Waals surface area contributed by atoms with Crippen molar-refractivity contribution in [1.82, 2.24) is 15.0 Å². The van der Waals surface area contributed by atoms with Crippen LogP contribution < -0.4 is 10.7 Å². The fourth-order valence-electron chi connectivity index (χ4n) is 3.33. The summed E-state index contributed by atoms with van der Waals surface area (Å²) in [5.74, 6) is 0.552. The lowest BCUT2D eigenvalue weighted by atomic mass is 10.1. The first-order valence-electron chi connectivity index (χ1n) is 9.70. The molecule has 5 rings (SSSR count). The fraction of sp³-hybridized carbons (Fsp3) is 0.0417. The fourth-order valence-corrected chi connectivity index (χ4v) is 3.51. The Morgan fingerprint density at radius 3 is 2.68 bits per heavy atom. The van der Waals surface area contributed by atoms with Crippen LogP contribution in [0.2, 0.25) is 5.02 Å². The number of hydrogen-bond acceptors (Lipinski definition) is 5. The molecule has 0 unspecified atom stereocenters. The van der Waals surface area contributed by atoms with E-state index in [1.165, 1.54) is 6.07 Å². The minimum Gasteiger partial charge on any atom is -0.456 e. The van der Waals surface area contributed by atoms with Gasteiger partial charge in [0.2, 0.25) is 0 Å². The SMILES string of the molecule is O=c1cc(-c2ccccc2)oc2ccc(NCc3cn(-c4cccc(Cl)c4)nn3)cc12. The molecule has 0 aliphatic rings. The van der Waals surface area contributed by atoms with E-state index in [0.717, 1.165) is 22.6 Å². The van der Waals surface area contributed by atoms with Crippen molar-refractivity contribution in [1.29, 1.82) is 0 Å². The van der Waals surface area contributed by atoms with Crippen molar-refractivity contribution in [3.63, 3.8) is 0 Å². The number of halogens is 1. The lowest BCUT2D eigenvalue weighted by Gasteiger charge is -2.07. The minimum atomic E-state index is -0.0874. The van der Waals surface area contributed by atoms with Crippen molar-refractivity contribution in [2.75, 3.05) is 5.32 Å². The molecule has 7 heteroatoms. The zero-order chi connectivity index (χ0) is 21.2. The molecule has 0 radical (unpaired) electrons. The molecule has 0 spiro atoms. The van der Waals surface area contributed by atoms with Gasteiger partial charge in [0.25, 0.3) is 0 Å². The first kappa shape index (κ1) is 19.1. The minimum absolute atomic E-state index is 0.0874. The third kappa shape index (κ3) is 4.06. The molecule has 0 aliphatic heterocycles. The van der Waals surface area contributed by atoms with E-state index in [4.69, 9.17) is 16.0 Å². The number of fused-ring (bicyclic) bond motifs is 1. The van der Waals surface area contributed by atoms with Crippen LogP contribution >= 0.6 is 11.6 Å². The standard InChI is InChI=1S/C24H17ClN4O2/c25-17-7-4-8-20(11-17)29-15-19(27-28-29)14-26-18-9-10-23-21(12-18)22(30)13-24(31-23)16-5-2-1-3-6-16/h1-13,15,26H,14H2. The van der Waals surface area contributed by atoms with E-state index in [2.05, 4.69) is 15.6 Å². The van der Waals surface area contributed by atoms with E-state index in [-0.39, 0.29) is 5.43 Å². The second-order valence-corrected chi connectivity index (χ2v) is 7.48. The summed E-state index contributed by atoms with van der Waals surface area (Å²) in [7, 11) is 0. The largest absolute Gasteiger partial charge is 0.456 e. The number of nitrogens with one attached hydrogen (secondary N) is 1. The van der Waals surface area contributed by atoms with Gasteiger partial charge in [-0.25, -0.2) is 4.68 Å². The highest BCUT2D eigenvalue weighted by atomic mass is 35.5. The summed E-state index contributed by atoms with van der Waals surface area (Å²) in [6.07, 6.45) is 1.83. The van der Waals surface area contributed by atoms with Gasteiger partial charge in [-0.05, 0) is 36.4 Å². The normalized spacial score (nSPS) is 11.0. The second-order valence-electron chi connectivity index (χ2n) is 7.04. The van der Waals surface area contributed by atoms with Gasteiger partial charge >= 0.3 is 0 Å². The van der Waals surface area contributed by atoms with Crippen LogP contribution in [0.1, 0.15) is 5.69 Å². The molecule has 0 bridgehead atoms. The van der Waals surface area contributed by atoms with Crippen LogP contribution in [-0.4, -0.2) is 15.0 Å². The summed E-state index contributed by atoms with van der Waals surface area (Å²) in [6, 6.07) is 24.0. The highest BCUT2D eigenvalue weighted by Gasteiger charge is 2.09. The summed E-state index contributed by atoms with van der Waals surface area (Å²) in [6.45, 7) is 0.458. The topological polar surface area (TPSA) is 73.0 Å². The van der Waals surface area contributed by atoms with Crippen LogP contribution in [0.3, 0.4) is 0 Å². The van der Waals surface area contributed by atoms with Crippen LogP contribution in [0.25, 0.3) is 28.0 Å². The van der Waals surface area contributed by atoms with Crippen molar-refractivity contribution in [2.45, 2.75) is 6.54 Å². The molecular formula is C24H17ClN4O2. The van der Waals surface area contributed by atoms with Crippen LogP contribution in [0.5, 0.6) is 0 Å². The van der Waals surface area contributed by atoms with Crippen LogP contribution in [0, 0.1) is 0 Å². The van der Waals surface area contributed by atoms with Gasteiger partial charge in [0.05, 0.1) is 23.8 Å². The number of aromatic nitrogens is 3. The number of hydrogen-bond donors (Lipinski definition) is 1. The Kier molecular flexibility index (Phi) is 4.98. The van der Waals surface area contributed by atoms with E-state index in [9.17, 15) is 4.79 Å². The Bertz CT molecular complexity index is 1430. The van der Waals surface area contributed by atoms with Gasteiger partial charge in [0.1, 0.15) is 17.0 Å². The maximum atomic E-state index is 12.7. The van der Waals surface area contributed by atoms with Gasteiger partial charge in [-0.1, -0.05) is 53.2 Å².